The van der Waals surface area contributed by atoms with Crippen LogP contribution < -0.4 is 16.0 Å². The number of carbonyl (C=O) groups is 5. The number of nitrogens with one attached hydrogen (secondary N) is 3. The van der Waals surface area contributed by atoms with Crippen LogP contribution in [0.4, 0.5) is 5.69 Å². The zero-order valence-corrected chi connectivity index (χ0v) is 35.1. The first-order chi connectivity index (χ1) is 30.4. The van der Waals surface area contributed by atoms with Gasteiger partial charge >= 0.3 is 11.9 Å². The highest BCUT2D eigenvalue weighted by Gasteiger charge is 2.21. The molecule has 4 heterocycles. The molecule has 0 spiro atoms. The number of hydrogen-bond donors (Lipinski definition) is 7. The highest BCUT2D eigenvalue weighted by Crippen LogP contribution is 2.15. The fourth-order valence-electron chi connectivity index (χ4n) is 6.21. The van der Waals surface area contributed by atoms with Gasteiger partial charge in [0.1, 0.15) is 11.4 Å². The van der Waals surface area contributed by atoms with Crippen molar-refractivity contribution < 1.29 is 53.9 Å². The Morgan fingerprint density at radius 3 is 1.60 bits per heavy atom. The summed E-state index contributed by atoms with van der Waals surface area (Å²) in [4.78, 5) is 75.8. The van der Waals surface area contributed by atoms with E-state index in [0.29, 0.717) is 75.9 Å². The first-order valence-corrected chi connectivity index (χ1v) is 20.6. The largest absolute Gasteiger partial charge is 0.480 e. The summed E-state index contributed by atoms with van der Waals surface area (Å²) in [5.41, 5.74) is 1.44. The van der Waals surface area contributed by atoms with Gasteiger partial charge in [0.2, 0.25) is 29.4 Å². The molecule has 3 aromatic rings. The van der Waals surface area contributed by atoms with Gasteiger partial charge in [-0.1, -0.05) is 6.07 Å². The van der Waals surface area contributed by atoms with Crippen LogP contribution in [0.3, 0.4) is 0 Å². The predicted octanol–water partition coefficient (Wildman–Crippen LogP) is -2.53. The molecule has 0 aliphatic carbocycles. The average Bonchev–Trinajstić information content (AvgIpc) is 3.25. The third-order valence-electron chi connectivity index (χ3n) is 9.40. The summed E-state index contributed by atoms with van der Waals surface area (Å²) in [6.45, 7) is 3.75. The van der Waals surface area contributed by atoms with E-state index in [1.54, 1.807) is 45.2 Å². The molecule has 0 saturated carbocycles. The molecule has 1 fully saturated rings. The fraction of sp³-hybridized carbons (Fsp3) is 0.564. The van der Waals surface area contributed by atoms with E-state index in [2.05, 4.69) is 46.3 Å². The fourth-order valence-corrected chi connectivity index (χ4v) is 6.21. The minimum atomic E-state index is -1.59. The van der Waals surface area contributed by atoms with Crippen molar-refractivity contribution in [3.8, 4) is 23.0 Å². The molecule has 4 rings (SSSR count). The summed E-state index contributed by atoms with van der Waals surface area (Å²) in [6.07, 6.45) is 2.13. The number of aromatic nitrogens is 6. The maximum Gasteiger partial charge on any atom is 0.317 e. The second-order valence-electron chi connectivity index (χ2n) is 14.4. The normalized spacial score (nSPS) is 15.0. The number of carboxylic acid groups (broad SMARTS) is 2. The predicted molar refractivity (Wildman–Crippen MR) is 223 cm³/mol. The number of β-amino-alcohol motifs (C(OH)–C–C–N with tert-alkyl or cyclic N) is 2. The topological polar surface area (TPSA) is 311 Å². The zero-order valence-electron chi connectivity index (χ0n) is 35.1. The molecule has 1 saturated heterocycles. The van der Waals surface area contributed by atoms with Crippen LogP contribution in [0.25, 0.3) is 23.0 Å². The number of aliphatic carboxylic acids is 2. The van der Waals surface area contributed by atoms with Crippen molar-refractivity contribution >= 4 is 35.3 Å². The number of anilines is 1. The van der Waals surface area contributed by atoms with Crippen molar-refractivity contribution in [1.82, 2.24) is 60.6 Å². The lowest BCUT2D eigenvalue weighted by Gasteiger charge is -2.33. The molecule has 0 bridgehead atoms. The van der Waals surface area contributed by atoms with Crippen molar-refractivity contribution in [1.29, 1.82) is 0 Å². The van der Waals surface area contributed by atoms with Gasteiger partial charge in [0.05, 0.1) is 57.9 Å². The maximum absolute atomic E-state index is 12.8. The number of pyridine rings is 2. The number of carbonyl (C=O) groups excluding carboxylic acids is 3. The molecule has 0 unspecified atom stereocenters. The van der Waals surface area contributed by atoms with Crippen LogP contribution in [0.5, 0.6) is 0 Å². The smallest absolute Gasteiger partial charge is 0.317 e. The molecule has 0 aromatic carbocycles. The van der Waals surface area contributed by atoms with Gasteiger partial charge < -0.3 is 45.9 Å². The van der Waals surface area contributed by atoms with Crippen molar-refractivity contribution in [3.63, 3.8) is 0 Å². The summed E-state index contributed by atoms with van der Waals surface area (Å²) in [7, 11) is 0. The van der Waals surface area contributed by atoms with Crippen LogP contribution in [0.1, 0.15) is 19.3 Å². The van der Waals surface area contributed by atoms with Crippen LogP contribution >= 0.6 is 0 Å². The van der Waals surface area contributed by atoms with Gasteiger partial charge in [0.15, 0.2) is 6.29 Å². The molecule has 63 heavy (non-hydrogen) atoms. The highest BCUT2D eigenvalue weighted by molar-refractivity contribution is 5.91. The molecular formula is C39H57N13O11. The van der Waals surface area contributed by atoms with Crippen molar-refractivity contribution in [3.05, 3.63) is 42.7 Å². The summed E-state index contributed by atoms with van der Waals surface area (Å²) in [5, 5.41) is 62.5. The second-order valence-corrected chi connectivity index (χ2v) is 14.4. The third kappa shape index (κ3) is 20.8. The molecule has 3 aromatic heterocycles. The number of nitrogens with zero attached hydrogens (tertiary/aromatic N) is 10. The van der Waals surface area contributed by atoms with Gasteiger partial charge in [-0.3, -0.25) is 53.5 Å². The molecule has 344 valence electrons. The maximum atomic E-state index is 12.8. The Kier molecular flexibility index (Phi) is 22.2. The Labute approximate surface area is 364 Å². The number of rotatable bonds is 24. The van der Waals surface area contributed by atoms with Crippen LogP contribution in [0.15, 0.2) is 42.7 Å². The summed E-state index contributed by atoms with van der Waals surface area (Å²) in [5.74, 6) is -2.27. The first-order valence-electron chi connectivity index (χ1n) is 20.6. The first kappa shape index (κ1) is 49.9. The van der Waals surface area contributed by atoms with Gasteiger partial charge in [-0.05, 0) is 30.7 Å². The molecular weight excluding hydrogens is 827 g/mol. The molecule has 0 atom stereocenters. The summed E-state index contributed by atoms with van der Waals surface area (Å²) < 4.78 is 11.0. The quantitative estimate of drug-likeness (QED) is 0.0360. The van der Waals surface area contributed by atoms with Crippen molar-refractivity contribution in [2.75, 3.05) is 123 Å². The second kappa shape index (κ2) is 28.1. The Hall–Kier alpha value is -5.73. The molecule has 1 aliphatic heterocycles. The van der Waals surface area contributed by atoms with Gasteiger partial charge in [0, 0.05) is 91.0 Å². The lowest BCUT2D eigenvalue weighted by atomic mass is 10.2. The highest BCUT2D eigenvalue weighted by atomic mass is 16.5. The number of aliphatic hydroxyl groups excluding tert-OH is 1. The van der Waals surface area contributed by atoms with E-state index in [0.717, 1.165) is 0 Å². The molecule has 3 amide bonds. The van der Waals surface area contributed by atoms with E-state index in [4.69, 9.17) is 9.47 Å². The van der Waals surface area contributed by atoms with Gasteiger partial charge in [-0.2, -0.15) is 0 Å². The molecule has 1 aliphatic rings. The standard InChI is InChI=1S/C39H57N13O11/c53-32(5-3-6-33(54)44-29-7-8-31(43-24-29)39-47-45-38(46-48-39)30-4-1-2-9-40-30)41-10-20-62-22-23-63-21-11-42-34(55)25-49-12-14-50(26-35(56)57)16-18-52(28-37(60)61)19-17-51(15-13-49)27-36(58)59/h1-2,4,7-9,24,35,56-57H,3,5-6,10-23,25-28H2,(H,41,53)(H,42,55)(H,44,54)(H,58,59)(H,60,61). The summed E-state index contributed by atoms with van der Waals surface area (Å²) >= 11 is 0. The van der Waals surface area contributed by atoms with Crippen LogP contribution in [-0.2, 0) is 33.4 Å². The molecule has 0 radical (unpaired) electrons. The SMILES string of the molecule is O=C(O)CN1CCN(CC(=O)O)CCN(CC(O)O)CCN(CC(=O)NCCOCCOCCNC(=O)CCCC(=O)Nc2ccc(-c3nnc(-c4ccccn4)nn3)nc2)CC1. The van der Waals surface area contributed by atoms with E-state index in [-0.39, 0.29) is 108 Å². The molecule has 24 heteroatoms. The monoisotopic (exact) mass is 883 g/mol. The number of ether oxygens (including phenoxy) is 2. The number of carboxylic acids is 2. The minimum absolute atomic E-state index is 0.0223. The van der Waals surface area contributed by atoms with E-state index in [1.807, 2.05) is 11.0 Å². The van der Waals surface area contributed by atoms with Crippen molar-refractivity contribution in [2.45, 2.75) is 25.6 Å². The average molecular weight is 884 g/mol. The molecule has 24 nitrogen and oxygen atoms in total. The zero-order chi connectivity index (χ0) is 45.2. The number of hydrogen-bond acceptors (Lipinski definition) is 19. The van der Waals surface area contributed by atoms with E-state index in [1.165, 1.54) is 6.20 Å². The van der Waals surface area contributed by atoms with E-state index >= 15 is 0 Å². The van der Waals surface area contributed by atoms with Gasteiger partial charge in [-0.25, -0.2) is 0 Å². The van der Waals surface area contributed by atoms with E-state index in [9.17, 15) is 44.4 Å². The Bertz CT molecular complexity index is 1850. The van der Waals surface area contributed by atoms with Crippen molar-refractivity contribution in [2.24, 2.45) is 0 Å². The number of amides is 3. The Balaban J connectivity index is 1.03. The minimum Gasteiger partial charge on any atom is -0.480 e. The van der Waals surface area contributed by atoms with Crippen LogP contribution in [0, 0.1) is 0 Å². The van der Waals surface area contributed by atoms with E-state index < -0.39 is 18.2 Å². The molecule has 7 N–H and O–H groups in total. The van der Waals surface area contributed by atoms with Crippen LogP contribution in [0.2, 0.25) is 0 Å². The Morgan fingerprint density at radius 1 is 0.603 bits per heavy atom. The number of aliphatic hydroxyl groups is 2. The van der Waals surface area contributed by atoms with Gasteiger partial charge in [-0.15, -0.1) is 20.4 Å². The van der Waals surface area contributed by atoms with Gasteiger partial charge in [0.25, 0.3) is 0 Å². The lowest BCUT2D eigenvalue weighted by molar-refractivity contribution is -0.140. The van der Waals surface area contributed by atoms with Crippen LogP contribution in [-0.4, -0.2) is 224 Å². The Morgan fingerprint density at radius 2 is 1.11 bits per heavy atom. The third-order valence-corrected chi connectivity index (χ3v) is 9.40. The summed E-state index contributed by atoms with van der Waals surface area (Å²) in [6, 6.07) is 8.63. The lowest BCUT2D eigenvalue weighted by Crippen LogP contribution is -2.50.